The van der Waals surface area contributed by atoms with Crippen molar-refractivity contribution in [1.82, 2.24) is 0 Å². The summed E-state index contributed by atoms with van der Waals surface area (Å²) in [5.74, 6) is 0. The average molecular weight is 605 g/mol. The third-order valence-corrected chi connectivity index (χ3v) is 8.02. The van der Waals surface area contributed by atoms with Crippen molar-refractivity contribution in [2.45, 2.75) is 129 Å². The van der Waals surface area contributed by atoms with Crippen molar-refractivity contribution >= 4 is 7.82 Å². The number of hydrogen-bond acceptors (Lipinski definition) is 5. The van der Waals surface area contributed by atoms with E-state index in [1.165, 1.54) is 96.3 Å². The van der Waals surface area contributed by atoms with Crippen LogP contribution in [0, 0.1) is 0 Å². The van der Waals surface area contributed by atoms with Gasteiger partial charge in [0, 0.05) is 13.7 Å². The molecule has 7 nitrogen and oxygen atoms in total. The third kappa shape index (κ3) is 32.2. The van der Waals surface area contributed by atoms with Gasteiger partial charge in [0.1, 0.15) is 19.3 Å². The zero-order valence-corrected chi connectivity index (χ0v) is 28.4. The molecule has 0 amide bonds. The lowest BCUT2D eigenvalue weighted by Gasteiger charge is -2.24. The van der Waals surface area contributed by atoms with Gasteiger partial charge in [0.05, 0.1) is 34.4 Å². The van der Waals surface area contributed by atoms with E-state index in [2.05, 4.69) is 31.2 Å². The maximum absolute atomic E-state index is 12.0. The van der Waals surface area contributed by atoms with Crippen molar-refractivity contribution in [3.8, 4) is 0 Å². The van der Waals surface area contributed by atoms with Crippen molar-refractivity contribution in [2.24, 2.45) is 0 Å². The Hall–Kier alpha value is -0.530. The van der Waals surface area contributed by atoms with Crippen LogP contribution in [0.3, 0.4) is 0 Å². The fraction of sp³-hybridized carbons (Fsp3) is 0.879. The number of unbranched alkanes of at least 4 members (excludes halogenated alkanes) is 15. The van der Waals surface area contributed by atoms with Gasteiger partial charge in [-0.1, -0.05) is 89.0 Å². The molecule has 0 aromatic heterocycles. The van der Waals surface area contributed by atoms with Crippen molar-refractivity contribution in [2.75, 3.05) is 61.2 Å². The molecule has 1 N–H and O–H groups in total. The highest BCUT2D eigenvalue weighted by atomic mass is 31.2. The largest absolute Gasteiger partial charge is 0.472 e. The van der Waals surface area contributed by atoms with Crippen LogP contribution in [0.25, 0.3) is 0 Å². The van der Waals surface area contributed by atoms with Crippen LogP contribution in [0.5, 0.6) is 0 Å². The van der Waals surface area contributed by atoms with E-state index in [9.17, 15) is 9.46 Å². The summed E-state index contributed by atoms with van der Waals surface area (Å²) < 4.78 is 33.7. The van der Waals surface area contributed by atoms with E-state index >= 15 is 0 Å². The van der Waals surface area contributed by atoms with Gasteiger partial charge >= 0.3 is 7.82 Å². The Balaban J connectivity index is 3.49. The van der Waals surface area contributed by atoms with E-state index in [1.54, 1.807) is 7.11 Å². The van der Waals surface area contributed by atoms with E-state index in [1.807, 2.05) is 21.1 Å². The van der Waals surface area contributed by atoms with Gasteiger partial charge in [-0.15, -0.1) is 0 Å². The minimum atomic E-state index is -4.08. The highest BCUT2D eigenvalue weighted by Gasteiger charge is 2.24. The van der Waals surface area contributed by atoms with E-state index < -0.39 is 13.9 Å². The van der Waals surface area contributed by atoms with Crippen LogP contribution in [0.15, 0.2) is 24.3 Å². The van der Waals surface area contributed by atoms with Crippen LogP contribution < -0.4 is 0 Å². The standard InChI is InChI=1S/C33H66NO6P/c1-6-7-8-9-10-11-12-13-14-15-16-17-18-19-20-21-22-23-24-25-26-27-29-38-31-33(37-5)32-40-41(35,36)39-30-28-34(2,3)4/h10-11,22-23,33H,6-9,12-21,24-32H2,1-5H3/p+1/b11-10-,23-22-/t33-/m1/s1. The Kier molecular flexibility index (Phi) is 27.9. The lowest BCUT2D eigenvalue weighted by atomic mass is 10.1. The predicted octanol–water partition coefficient (Wildman–Crippen LogP) is 9.01. The maximum Gasteiger partial charge on any atom is 0.472 e. The normalized spacial score (nSPS) is 14.8. The molecular weight excluding hydrogens is 537 g/mol. The van der Waals surface area contributed by atoms with Gasteiger partial charge in [0.15, 0.2) is 0 Å². The van der Waals surface area contributed by atoms with Gasteiger partial charge in [-0.05, 0) is 57.8 Å². The zero-order valence-electron chi connectivity index (χ0n) is 27.5. The molecule has 8 heteroatoms. The molecule has 0 saturated heterocycles. The summed E-state index contributed by atoms with van der Waals surface area (Å²) in [7, 11) is 3.43. The summed E-state index contributed by atoms with van der Waals surface area (Å²) >= 11 is 0. The van der Waals surface area contributed by atoms with Crippen molar-refractivity contribution in [3.05, 3.63) is 24.3 Å². The SMILES string of the molecule is CCCCC/C=C\CCCCCCCCCC/C=C\CCCCCOC[C@H](COP(=O)(O)OCC[N+](C)(C)C)OC. The molecule has 0 rings (SSSR count). The third-order valence-electron chi connectivity index (χ3n) is 7.04. The number of nitrogens with zero attached hydrogens (tertiary/aromatic N) is 1. The molecular formula is C33H67NO6P+. The molecule has 41 heavy (non-hydrogen) atoms. The molecule has 1 unspecified atom stereocenters. The molecule has 0 saturated carbocycles. The Bertz CT molecular complexity index is 665. The number of rotatable bonds is 31. The molecule has 0 fully saturated rings. The maximum atomic E-state index is 12.0. The Morgan fingerprint density at radius 1 is 0.659 bits per heavy atom. The minimum Gasteiger partial charge on any atom is -0.379 e. The minimum absolute atomic E-state index is 0.0448. The van der Waals surface area contributed by atoms with Crippen LogP contribution in [-0.4, -0.2) is 76.7 Å². The summed E-state index contributed by atoms with van der Waals surface area (Å²) in [6.07, 6.45) is 32.2. The average Bonchev–Trinajstić information content (AvgIpc) is 2.91. The second-order valence-electron chi connectivity index (χ2n) is 12.2. The zero-order chi connectivity index (χ0) is 30.5. The van der Waals surface area contributed by atoms with Crippen molar-refractivity contribution in [1.29, 1.82) is 0 Å². The molecule has 0 aromatic rings. The van der Waals surface area contributed by atoms with Crippen LogP contribution >= 0.6 is 7.82 Å². The molecule has 0 aliphatic heterocycles. The Labute approximate surface area is 254 Å². The number of likely N-dealkylation sites (N-methyl/N-ethyl adjacent to an activating group) is 1. The first-order valence-corrected chi connectivity index (χ1v) is 18.0. The number of ether oxygens (including phenoxy) is 2. The number of hydrogen-bond donors (Lipinski definition) is 1. The van der Waals surface area contributed by atoms with Crippen LogP contribution in [-0.2, 0) is 23.1 Å². The first kappa shape index (κ1) is 40.5. The molecule has 0 aliphatic carbocycles. The van der Waals surface area contributed by atoms with Gasteiger partial charge in [0.25, 0.3) is 0 Å². The predicted molar refractivity (Wildman–Crippen MR) is 173 cm³/mol. The molecule has 244 valence electrons. The second-order valence-corrected chi connectivity index (χ2v) is 13.7. The molecule has 0 bridgehead atoms. The van der Waals surface area contributed by atoms with Gasteiger partial charge in [-0.25, -0.2) is 4.57 Å². The van der Waals surface area contributed by atoms with E-state index in [0.29, 0.717) is 24.2 Å². The number of methoxy groups -OCH3 is 1. The van der Waals surface area contributed by atoms with Crippen LogP contribution in [0.1, 0.15) is 122 Å². The molecule has 0 radical (unpaired) electrons. The molecule has 0 aromatic carbocycles. The van der Waals surface area contributed by atoms with Gasteiger partial charge in [-0.2, -0.15) is 0 Å². The number of quaternary nitrogens is 1. The fourth-order valence-electron chi connectivity index (χ4n) is 4.26. The highest BCUT2D eigenvalue weighted by Crippen LogP contribution is 2.43. The molecule has 0 aliphatic rings. The van der Waals surface area contributed by atoms with Crippen molar-refractivity contribution in [3.63, 3.8) is 0 Å². The van der Waals surface area contributed by atoms with Crippen LogP contribution in [0.4, 0.5) is 0 Å². The smallest absolute Gasteiger partial charge is 0.379 e. The van der Waals surface area contributed by atoms with Gasteiger partial charge < -0.3 is 18.9 Å². The summed E-state index contributed by atoms with van der Waals surface area (Å²) in [6.45, 7) is 3.95. The topological polar surface area (TPSA) is 74.2 Å². The Morgan fingerprint density at radius 2 is 1.12 bits per heavy atom. The van der Waals surface area contributed by atoms with Gasteiger partial charge in [-0.3, -0.25) is 9.05 Å². The van der Waals surface area contributed by atoms with Crippen molar-refractivity contribution < 1.29 is 32.5 Å². The first-order valence-electron chi connectivity index (χ1n) is 16.5. The molecule has 0 heterocycles. The van der Waals surface area contributed by atoms with E-state index in [0.717, 1.165) is 19.3 Å². The number of allylic oxidation sites excluding steroid dienone is 4. The van der Waals surface area contributed by atoms with E-state index in [-0.39, 0.29) is 13.2 Å². The van der Waals surface area contributed by atoms with Crippen LogP contribution in [0.2, 0.25) is 0 Å². The number of phosphoric ester groups is 1. The molecule has 2 atom stereocenters. The molecule has 0 spiro atoms. The fourth-order valence-corrected chi connectivity index (χ4v) is 5.00. The summed E-state index contributed by atoms with van der Waals surface area (Å²) in [5, 5.41) is 0. The summed E-state index contributed by atoms with van der Waals surface area (Å²) in [4.78, 5) is 9.82. The second kappa shape index (κ2) is 28.3. The van der Waals surface area contributed by atoms with Gasteiger partial charge in [0.2, 0.25) is 0 Å². The lowest BCUT2D eigenvalue weighted by molar-refractivity contribution is -0.870. The Morgan fingerprint density at radius 3 is 1.59 bits per heavy atom. The highest BCUT2D eigenvalue weighted by molar-refractivity contribution is 7.47. The summed E-state index contributed by atoms with van der Waals surface area (Å²) in [5.41, 5.74) is 0. The monoisotopic (exact) mass is 604 g/mol. The van der Waals surface area contributed by atoms with E-state index in [4.69, 9.17) is 18.5 Å². The first-order chi connectivity index (χ1) is 19.7. The summed E-state index contributed by atoms with van der Waals surface area (Å²) in [6, 6.07) is 0. The number of phosphoric acid groups is 1. The lowest BCUT2D eigenvalue weighted by Crippen LogP contribution is -2.37. The quantitative estimate of drug-likeness (QED) is 0.0368.